The van der Waals surface area contributed by atoms with Crippen LogP contribution in [-0.4, -0.2) is 59.8 Å². The highest BCUT2D eigenvalue weighted by atomic mass is 16.3. The van der Waals surface area contributed by atoms with Crippen LogP contribution in [0.5, 0.6) is 0 Å². The normalized spacial score (nSPS) is 34.8. The quantitative estimate of drug-likeness (QED) is 0.839. The molecule has 0 bridgehead atoms. The molecule has 0 amide bonds. The van der Waals surface area contributed by atoms with Gasteiger partial charge in [0, 0.05) is 19.1 Å². The lowest BCUT2D eigenvalue weighted by atomic mass is 9.71. The number of likely N-dealkylation sites (tertiary alicyclic amines) is 1. The summed E-state index contributed by atoms with van der Waals surface area (Å²) in [6.45, 7) is 15.1. The second kappa shape index (κ2) is 6.76. The van der Waals surface area contributed by atoms with Crippen LogP contribution in [0.1, 0.15) is 53.4 Å². The summed E-state index contributed by atoms with van der Waals surface area (Å²) in [4.78, 5) is 5.18. The number of aliphatic hydroxyl groups excluding tert-OH is 1. The Balaban J connectivity index is 1.85. The third-order valence-electron chi connectivity index (χ3n) is 5.54. The van der Waals surface area contributed by atoms with Crippen LogP contribution in [0.2, 0.25) is 0 Å². The molecule has 1 aliphatic heterocycles. The van der Waals surface area contributed by atoms with Gasteiger partial charge in [-0.25, -0.2) is 0 Å². The maximum absolute atomic E-state index is 10.3. The molecule has 3 atom stereocenters. The van der Waals surface area contributed by atoms with Crippen molar-refractivity contribution in [3.8, 4) is 0 Å². The summed E-state index contributed by atoms with van der Waals surface area (Å²) in [6, 6.07) is 0.735. The smallest absolute Gasteiger partial charge is 0.0581 e. The summed E-state index contributed by atoms with van der Waals surface area (Å²) in [6.07, 6.45) is 4.57. The molecule has 0 spiro atoms. The van der Waals surface area contributed by atoms with E-state index in [1.807, 2.05) is 0 Å². The fourth-order valence-electron chi connectivity index (χ4n) is 4.26. The van der Waals surface area contributed by atoms with Crippen LogP contribution in [-0.2, 0) is 0 Å². The van der Waals surface area contributed by atoms with E-state index in [0.717, 1.165) is 32.1 Å². The van der Waals surface area contributed by atoms with Gasteiger partial charge >= 0.3 is 0 Å². The highest BCUT2D eigenvalue weighted by molar-refractivity contribution is 4.89. The molecule has 2 aliphatic rings. The molecule has 0 aromatic carbocycles. The van der Waals surface area contributed by atoms with E-state index in [0.29, 0.717) is 11.3 Å². The predicted octanol–water partition coefficient (Wildman–Crippen LogP) is 2.59. The van der Waals surface area contributed by atoms with Crippen molar-refractivity contribution in [2.45, 2.75) is 65.5 Å². The summed E-state index contributed by atoms with van der Waals surface area (Å²) >= 11 is 0. The van der Waals surface area contributed by atoms with Crippen molar-refractivity contribution in [2.24, 2.45) is 11.3 Å². The standard InChI is InChI=1S/C17H34N2O/c1-5-19(6-2)15-8-10-18(13-15)12-14-11-17(3,4)9-7-16(14)20/h14-16,20H,5-13H2,1-4H3. The van der Waals surface area contributed by atoms with Crippen LogP contribution in [0.4, 0.5) is 0 Å². The Labute approximate surface area is 125 Å². The van der Waals surface area contributed by atoms with E-state index >= 15 is 0 Å². The van der Waals surface area contributed by atoms with Crippen molar-refractivity contribution in [2.75, 3.05) is 32.7 Å². The average Bonchev–Trinajstić information content (AvgIpc) is 2.84. The molecule has 2 fully saturated rings. The predicted molar refractivity (Wildman–Crippen MR) is 84.9 cm³/mol. The number of nitrogens with zero attached hydrogens (tertiary/aromatic N) is 2. The number of rotatable bonds is 5. The monoisotopic (exact) mass is 282 g/mol. The lowest BCUT2D eigenvalue weighted by Gasteiger charge is -2.40. The van der Waals surface area contributed by atoms with Crippen molar-refractivity contribution in [3.05, 3.63) is 0 Å². The lowest BCUT2D eigenvalue weighted by molar-refractivity contribution is 0.00650. The van der Waals surface area contributed by atoms with Gasteiger partial charge in [0.1, 0.15) is 0 Å². The van der Waals surface area contributed by atoms with Gasteiger partial charge in [-0.15, -0.1) is 0 Å². The third kappa shape index (κ3) is 3.96. The van der Waals surface area contributed by atoms with Gasteiger partial charge in [-0.2, -0.15) is 0 Å². The van der Waals surface area contributed by atoms with Gasteiger partial charge in [0.15, 0.2) is 0 Å². The Hall–Kier alpha value is -0.120. The van der Waals surface area contributed by atoms with Gasteiger partial charge in [-0.05, 0) is 56.7 Å². The number of hydrogen-bond acceptors (Lipinski definition) is 3. The molecular weight excluding hydrogens is 248 g/mol. The first-order valence-electron chi connectivity index (χ1n) is 8.59. The van der Waals surface area contributed by atoms with E-state index in [2.05, 4.69) is 37.5 Å². The van der Waals surface area contributed by atoms with Crippen LogP contribution in [0.3, 0.4) is 0 Å². The molecule has 3 unspecified atom stereocenters. The van der Waals surface area contributed by atoms with Crippen molar-refractivity contribution >= 4 is 0 Å². The van der Waals surface area contributed by atoms with Gasteiger partial charge in [0.25, 0.3) is 0 Å². The summed E-state index contributed by atoms with van der Waals surface area (Å²) in [5.41, 5.74) is 0.419. The summed E-state index contributed by atoms with van der Waals surface area (Å²) < 4.78 is 0. The van der Waals surface area contributed by atoms with Crippen LogP contribution in [0, 0.1) is 11.3 Å². The summed E-state index contributed by atoms with van der Waals surface area (Å²) in [5.74, 6) is 0.481. The molecule has 0 aromatic rings. The highest BCUT2D eigenvalue weighted by Crippen LogP contribution is 2.39. The summed E-state index contributed by atoms with van der Waals surface area (Å²) in [7, 11) is 0. The van der Waals surface area contributed by atoms with Crippen molar-refractivity contribution < 1.29 is 5.11 Å². The van der Waals surface area contributed by atoms with Crippen molar-refractivity contribution in [3.63, 3.8) is 0 Å². The molecule has 2 rings (SSSR count). The maximum Gasteiger partial charge on any atom is 0.0581 e. The van der Waals surface area contributed by atoms with Crippen LogP contribution >= 0.6 is 0 Å². The van der Waals surface area contributed by atoms with E-state index in [1.54, 1.807) is 0 Å². The van der Waals surface area contributed by atoms with Gasteiger partial charge in [-0.3, -0.25) is 4.90 Å². The lowest BCUT2D eigenvalue weighted by Crippen LogP contribution is -2.42. The molecule has 1 saturated carbocycles. The average molecular weight is 282 g/mol. The third-order valence-corrected chi connectivity index (χ3v) is 5.54. The zero-order valence-electron chi connectivity index (χ0n) is 13.9. The molecular formula is C17H34N2O. The van der Waals surface area contributed by atoms with E-state index in [-0.39, 0.29) is 6.10 Å². The topological polar surface area (TPSA) is 26.7 Å². The molecule has 20 heavy (non-hydrogen) atoms. The number of hydrogen-bond donors (Lipinski definition) is 1. The Morgan fingerprint density at radius 3 is 2.55 bits per heavy atom. The van der Waals surface area contributed by atoms with E-state index in [1.165, 1.54) is 32.4 Å². The van der Waals surface area contributed by atoms with Crippen molar-refractivity contribution in [1.29, 1.82) is 0 Å². The van der Waals surface area contributed by atoms with E-state index in [4.69, 9.17) is 0 Å². The highest BCUT2D eigenvalue weighted by Gasteiger charge is 2.36. The van der Waals surface area contributed by atoms with Crippen LogP contribution in [0.25, 0.3) is 0 Å². The molecule has 1 saturated heterocycles. The first-order valence-corrected chi connectivity index (χ1v) is 8.59. The molecule has 3 heteroatoms. The van der Waals surface area contributed by atoms with Gasteiger partial charge in [0.05, 0.1) is 6.10 Å². The fraction of sp³-hybridized carbons (Fsp3) is 1.00. The minimum absolute atomic E-state index is 0.0736. The van der Waals surface area contributed by atoms with Gasteiger partial charge < -0.3 is 10.0 Å². The molecule has 3 nitrogen and oxygen atoms in total. The molecule has 1 N–H and O–H groups in total. The minimum Gasteiger partial charge on any atom is -0.393 e. The Morgan fingerprint density at radius 2 is 1.90 bits per heavy atom. The van der Waals surface area contributed by atoms with Gasteiger partial charge in [0.2, 0.25) is 0 Å². The largest absolute Gasteiger partial charge is 0.393 e. The van der Waals surface area contributed by atoms with Crippen molar-refractivity contribution in [1.82, 2.24) is 9.80 Å². The fourth-order valence-corrected chi connectivity index (χ4v) is 4.26. The Bertz CT molecular complexity index is 301. The molecule has 0 aromatic heterocycles. The Morgan fingerprint density at radius 1 is 1.20 bits per heavy atom. The van der Waals surface area contributed by atoms with Crippen LogP contribution in [0.15, 0.2) is 0 Å². The zero-order chi connectivity index (χ0) is 14.8. The molecule has 1 heterocycles. The second-order valence-corrected chi connectivity index (χ2v) is 7.66. The molecule has 0 radical (unpaired) electrons. The maximum atomic E-state index is 10.3. The number of likely N-dealkylation sites (N-methyl/N-ethyl adjacent to an activating group) is 1. The SMILES string of the molecule is CCN(CC)C1CCN(CC2CC(C)(C)CCC2O)C1. The molecule has 1 aliphatic carbocycles. The second-order valence-electron chi connectivity index (χ2n) is 7.66. The van der Waals surface area contributed by atoms with E-state index < -0.39 is 0 Å². The van der Waals surface area contributed by atoms with Gasteiger partial charge in [-0.1, -0.05) is 27.7 Å². The first-order chi connectivity index (χ1) is 9.45. The number of aliphatic hydroxyl groups is 1. The van der Waals surface area contributed by atoms with E-state index in [9.17, 15) is 5.11 Å². The summed E-state index contributed by atoms with van der Waals surface area (Å²) in [5, 5.41) is 10.3. The Kier molecular flexibility index (Phi) is 5.49. The van der Waals surface area contributed by atoms with Crippen LogP contribution < -0.4 is 0 Å². The first kappa shape index (κ1) is 16.3. The molecule has 118 valence electrons. The minimum atomic E-state index is -0.0736. The zero-order valence-corrected chi connectivity index (χ0v) is 13.9.